The molecule has 1 N–H and O–H groups in total. The lowest BCUT2D eigenvalue weighted by atomic mass is 10.1. The molecule has 3 heterocycles. The fourth-order valence-electron chi connectivity index (χ4n) is 4.12. The SMILES string of the molecule is Brc1cccc(Nc2ncnc3cc4c(cc23)OC(CCN2CCCCC2)CO4)c1. The summed E-state index contributed by atoms with van der Waals surface area (Å²) in [5.74, 6) is 2.27. The molecule has 1 aromatic heterocycles. The number of hydrogen-bond donors (Lipinski definition) is 1. The van der Waals surface area contributed by atoms with Crippen LogP contribution in [0.25, 0.3) is 10.9 Å². The summed E-state index contributed by atoms with van der Waals surface area (Å²) >= 11 is 3.51. The van der Waals surface area contributed by atoms with E-state index in [0.29, 0.717) is 6.61 Å². The number of rotatable bonds is 5. The van der Waals surface area contributed by atoms with Crippen LogP contribution >= 0.6 is 15.9 Å². The van der Waals surface area contributed by atoms with E-state index in [9.17, 15) is 0 Å². The largest absolute Gasteiger partial charge is 0.486 e. The number of halogens is 1. The maximum absolute atomic E-state index is 6.31. The van der Waals surface area contributed by atoms with E-state index in [0.717, 1.165) is 51.3 Å². The number of likely N-dealkylation sites (tertiary alicyclic amines) is 1. The van der Waals surface area contributed by atoms with Crippen LogP contribution in [0.5, 0.6) is 11.5 Å². The second kappa shape index (κ2) is 8.78. The monoisotopic (exact) mass is 468 g/mol. The molecule has 1 fully saturated rings. The fourth-order valence-corrected chi connectivity index (χ4v) is 4.52. The first-order valence-corrected chi connectivity index (χ1v) is 11.4. The molecule has 0 spiro atoms. The van der Waals surface area contributed by atoms with Crippen molar-refractivity contribution in [3.8, 4) is 11.5 Å². The molecule has 1 unspecified atom stereocenters. The van der Waals surface area contributed by atoms with E-state index in [4.69, 9.17) is 9.47 Å². The van der Waals surface area contributed by atoms with Crippen LogP contribution in [0.4, 0.5) is 11.5 Å². The van der Waals surface area contributed by atoms with Gasteiger partial charge >= 0.3 is 0 Å². The number of piperidine rings is 1. The Morgan fingerprint density at radius 2 is 1.97 bits per heavy atom. The highest BCUT2D eigenvalue weighted by atomic mass is 79.9. The third kappa shape index (κ3) is 4.37. The van der Waals surface area contributed by atoms with Crippen molar-refractivity contribution in [1.82, 2.24) is 14.9 Å². The highest BCUT2D eigenvalue weighted by Crippen LogP contribution is 2.38. The molecule has 2 aromatic carbocycles. The quantitative estimate of drug-likeness (QED) is 0.558. The summed E-state index contributed by atoms with van der Waals surface area (Å²) in [7, 11) is 0. The molecule has 2 aliphatic heterocycles. The molecular weight excluding hydrogens is 444 g/mol. The molecule has 3 aromatic rings. The summed E-state index contributed by atoms with van der Waals surface area (Å²) in [5.41, 5.74) is 1.79. The van der Waals surface area contributed by atoms with Gasteiger partial charge in [0.25, 0.3) is 0 Å². The maximum Gasteiger partial charge on any atom is 0.163 e. The molecule has 0 amide bonds. The van der Waals surface area contributed by atoms with Crippen LogP contribution in [-0.4, -0.2) is 47.2 Å². The fraction of sp³-hybridized carbons (Fsp3) is 0.391. The van der Waals surface area contributed by atoms with Gasteiger partial charge in [-0.05, 0) is 50.2 Å². The molecule has 0 aliphatic carbocycles. The van der Waals surface area contributed by atoms with Crippen molar-refractivity contribution in [2.24, 2.45) is 0 Å². The van der Waals surface area contributed by atoms with Gasteiger partial charge in [-0.2, -0.15) is 0 Å². The Hall–Kier alpha value is -2.38. The van der Waals surface area contributed by atoms with Crippen molar-refractivity contribution in [1.29, 1.82) is 0 Å². The minimum absolute atomic E-state index is 0.0722. The summed E-state index contributed by atoms with van der Waals surface area (Å²) in [6.45, 7) is 4.06. The van der Waals surface area contributed by atoms with E-state index in [1.807, 2.05) is 36.4 Å². The molecule has 2 aliphatic rings. The first-order valence-electron chi connectivity index (χ1n) is 10.6. The molecule has 5 rings (SSSR count). The van der Waals surface area contributed by atoms with Crippen molar-refractivity contribution < 1.29 is 9.47 Å². The lowest BCUT2D eigenvalue weighted by Crippen LogP contribution is -2.36. The van der Waals surface area contributed by atoms with Crippen molar-refractivity contribution in [2.45, 2.75) is 31.8 Å². The first-order chi connectivity index (χ1) is 14.7. The number of nitrogens with one attached hydrogen (secondary N) is 1. The molecule has 6 nitrogen and oxygen atoms in total. The van der Waals surface area contributed by atoms with E-state index in [1.165, 1.54) is 32.4 Å². The van der Waals surface area contributed by atoms with Gasteiger partial charge in [-0.25, -0.2) is 9.97 Å². The normalized spacial score (nSPS) is 19.0. The molecule has 0 saturated carbocycles. The van der Waals surface area contributed by atoms with Gasteiger partial charge in [0, 0.05) is 34.6 Å². The zero-order chi connectivity index (χ0) is 20.3. The van der Waals surface area contributed by atoms with Gasteiger partial charge in [-0.15, -0.1) is 0 Å². The van der Waals surface area contributed by atoms with Crippen LogP contribution in [0.3, 0.4) is 0 Å². The Kier molecular flexibility index (Phi) is 5.73. The molecule has 1 atom stereocenters. The van der Waals surface area contributed by atoms with Crippen LogP contribution in [0.1, 0.15) is 25.7 Å². The number of ether oxygens (including phenoxy) is 2. The third-order valence-electron chi connectivity index (χ3n) is 5.72. The summed E-state index contributed by atoms with van der Waals surface area (Å²) in [6, 6.07) is 11.9. The number of benzene rings is 2. The van der Waals surface area contributed by atoms with Crippen LogP contribution in [-0.2, 0) is 0 Å². The highest BCUT2D eigenvalue weighted by Gasteiger charge is 2.23. The first kappa shape index (κ1) is 19.6. The second-order valence-corrected chi connectivity index (χ2v) is 8.83. The number of nitrogens with zero attached hydrogens (tertiary/aromatic N) is 3. The molecule has 156 valence electrons. The lowest BCUT2D eigenvalue weighted by Gasteiger charge is -2.31. The van der Waals surface area contributed by atoms with Crippen LogP contribution in [0, 0.1) is 0 Å². The van der Waals surface area contributed by atoms with Crippen LogP contribution in [0.2, 0.25) is 0 Å². The van der Waals surface area contributed by atoms with Crippen molar-refractivity contribution in [2.75, 3.05) is 31.6 Å². The van der Waals surface area contributed by atoms with Gasteiger partial charge in [0.1, 0.15) is 24.9 Å². The molecule has 0 bridgehead atoms. The van der Waals surface area contributed by atoms with Gasteiger partial charge in [0.2, 0.25) is 0 Å². The predicted molar refractivity (Wildman–Crippen MR) is 122 cm³/mol. The van der Waals surface area contributed by atoms with Crippen LogP contribution in [0.15, 0.2) is 47.2 Å². The Morgan fingerprint density at radius 3 is 2.83 bits per heavy atom. The Morgan fingerprint density at radius 1 is 1.07 bits per heavy atom. The number of fused-ring (bicyclic) bond motifs is 2. The van der Waals surface area contributed by atoms with Crippen molar-refractivity contribution >= 4 is 38.3 Å². The van der Waals surface area contributed by atoms with Crippen molar-refractivity contribution in [3.05, 3.63) is 47.2 Å². The van der Waals surface area contributed by atoms with E-state index in [2.05, 4.69) is 36.1 Å². The summed E-state index contributed by atoms with van der Waals surface area (Å²) in [6.07, 6.45) is 6.60. The standard InChI is InChI=1S/C23H25BrN4O2/c24-16-5-4-6-17(11-16)27-23-19-12-22-21(13-20(19)25-15-26-23)29-14-18(30-22)7-10-28-8-2-1-3-9-28/h4-6,11-13,15,18H,1-3,7-10,14H2,(H,25,26,27). The second-order valence-electron chi connectivity index (χ2n) is 7.92. The molecule has 30 heavy (non-hydrogen) atoms. The topological polar surface area (TPSA) is 59.5 Å². The number of anilines is 2. The molecule has 0 radical (unpaired) electrons. The summed E-state index contributed by atoms with van der Waals surface area (Å²) in [4.78, 5) is 11.4. The Labute approximate surface area is 184 Å². The Bertz CT molecular complexity index is 1040. The number of aromatic nitrogens is 2. The highest BCUT2D eigenvalue weighted by molar-refractivity contribution is 9.10. The minimum atomic E-state index is 0.0722. The van der Waals surface area contributed by atoms with Crippen molar-refractivity contribution in [3.63, 3.8) is 0 Å². The molecule has 1 saturated heterocycles. The van der Waals surface area contributed by atoms with E-state index < -0.39 is 0 Å². The summed E-state index contributed by atoms with van der Waals surface area (Å²) < 4.78 is 13.4. The number of hydrogen-bond acceptors (Lipinski definition) is 6. The van der Waals surface area contributed by atoms with Gasteiger partial charge in [-0.1, -0.05) is 28.4 Å². The zero-order valence-electron chi connectivity index (χ0n) is 16.8. The predicted octanol–water partition coefficient (Wildman–Crippen LogP) is 5.15. The van der Waals surface area contributed by atoms with E-state index in [-0.39, 0.29) is 6.10 Å². The molecule has 7 heteroatoms. The minimum Gasteiger partial charge on any atom is -0.486 e. The van der Waals surface area contributed by atoms with E-state index >= 15 is 0 Å². The lowest BCUT2D eigenvalue weighted by molar-refractivity contribution is 0.0730. The van der Waals surface area contributed by atoms with Gasteiger partial charge in [0.15, 0.2) is 11.5 Å². The third-order valence-corrected chi connectivity index (χ3v) is 6.22. The average molecular weight is 469 g/mol. The van der Waals surface area contributed by atoms with Gasteiger partial charge in [-0.3, -0.25) is 0 Å². The zero-order valence-corrected chi connectivity index (χ0v) is 18.4. The molecular formula is C23H25BrN4O2. The van der Waals surface area contributed by atoms with Gasteiger partial charge < -0.3 is 19.7 Å². The maximum atomic E-state index is 6.31. The van der Waals surface area contributed by atoms with Crippen LogP contribution < -0.4 is 14.8 Å². The average Bonchev–Trinajstić information content (AvgIpc) is 2.77. The smallest absolute Gasteiger partial charge is 0.163 e. The van der Waals surface area contributed by atoms with Gasteiger partial charge in [0.05, 0.1) is 5.52 Å². The summed E-state index contributed by atoms with van der Waals surface area (Å²) in [5, 5.41) is 4.30. The Balaban J connectivity index is 1.35. The van der Waals surface area contributed by atoms with E-state index in [1.54, 1.807) is 6.33 Å².